The van der Waals surface area contributed by atoms with Gasteiger partial charge in [-0.25, -0.2) is 0 Å². The normalized spacial score (nSPS) is 16.3. The third-order valence-corrected chi connectivity index (χ3v) is 3.77. The monoisotopic (exact) mass is 346 g/mol. The van der Waals surface area contributed by atoms with Crippen molar-refractivity contribution >= 4 is 0 Å². The molecule has 0 aliphatic carbocycles. The Kier molecular flexibility index (Phi) is 5.40. The van der Waals surface area contributed by atoms with Gasteiger partial charge in [0.25, 0.3) is 0 Å². The fraction of sp³-hybridized carbons (Fsp3) is 0.600. The average molecular weight is 346 g/mol. The van der Waals surface area contributed by atoms with Gasteiger partial charge in [0.2, 0.25) is 0 Å². The SMILES string of the molecule is CCc1cccc(C(C)(CC(F)(F)C(F)(F)C(F)(F)F)OC)c1. The maximum atomic E-state index is 13.7. The molecule has 0 spiro atoms. The third kappa shape index (κ3) is 3.79. The summed E-state index contributed by atoms with van der Waals surface area (Å²) in [6.07, 6.45) is -7.62. The Balaban J connectivity index is 3.24. The van der Waals surface area contributed by atoms with E-state index < -0.39 is 30.0 Å². The highest BCUT2D eigenvalue weighted by Gasteiger charge is 2.73. The van der Waals surface area contributed by atoms with Crippen molar-refractivity contribution in [1.82, 2.24) is 0 Å². The molecule has 0 saturated carbocycles. The van der Waals surface area contributed by atoms with E-state index in [0.29, 0.717) is 6.42 Å². The van der Waals surface area contributed by atoms with Gasteiger partial charge in [0.15, 0.2) is 0 Å². The first-order chi connectivity index (χ1) is 10.3. The summed E-state index contributed by atoms with van der Waals surface area (Å²) >= 11 is 0. The zero-order valence-corrected chi connectivity index (χ0v) is 12.8. The zero-order valence-electron chi connectivity index (χ0n) is 12.8. The van der Waals surface area contributed by atoms with Gasteiger partial charge in [-0.2, -0.15) is 30.7 Å². The first-order valence-corrected chi connectivity index (χ1v) is 6.77. The minimum absolute atomic E-state index is 0.108. The summed E-state index contributed by atoms with van der Waals surface area (Å²) in [5, 5.41) is 0. The molecule has 0 saturated heterocycles. The molecule has 1 aromatic rings. The van der Waals surface area contributed by atoms with Crippen LogP contribution >= 0.6 is 0 Å². The smallest absolute Gasteiger partial charge is 0.374 e. The van der Waals surface area contributed by atoms with Crippen molar-refractivity contribution in [1.29, 1.82) is 0 Å². The molecule has 0 fully saturated rings. The van der Waals surface area contributed by atoms with E-state index in [-0.39, 0.29) is 5.56 Å². The first kappa shape index (κ1) is 19.7. The molecule has 8 heteroatoms. The standard InChI is InChI=1S/C15H17F7O/c1-4-10-6-5-7-11(8-10)12(2,23-3)9-13(16,17)14(18,19)15(20,21)22/h5-8H,4,9H2,1-3H3. The number of rotatable bonds is 6. The molecule has 1 unspecified atom stereocenters. The molecule has 1 nitrogen and oxygen atoms in total. The van der Waals surface area contributed by atoms with Crippen molar-refractivity contribution in [2.45, 2.75) is 50.3 Å². The van der Waals surface area contributed by atoms with E-state index >= 15 is 0 Å². The topological polar surface area (TPSA) is 9.23 Å². The molecule has 0 aliphatic heterocycles. The number of halogens is 7. The van der Waals surface area contributed by atoms with Gasteiger partial charge in [-0.1, -0.05) is 31.2 Å². The fourth-order valence-electron chi connectivity index (χ4n) is 2.15. The lowest BCUT2D eigenvalue weighted by atomic mass is 9.86. The molecule has 1 aromatic carbocycles. The quantitative estimate of drug-likeness (QED) is 0.632. The Labute approximate surface area is 129 Å². The molecular formula is C15H17F7O. The van der Waals surface area contributed by atoms with Crippen LogP contribution in [0.25, 0.3) is 0 Å². The number of alkyl halides is 7. The van der Waals surface area contributed by atoms with Crippen molar-refractivity contribution < 1.29 is 35.5 Å². The highest BCUT2D eigenvalue weighted by Crippen LogP contribution is 2.51. The summed E-state index contributed by atoms with van der Waals surface area (Å²) in [5.74, 6) is -11.5. The third-order valence-electron chi connectivity index (χ3n) is 3.77. The molecule has 0 heterocycles. The Morgan fingerprint density at radius 1 is 1.00 bits per heavy atom. The summed E-state index contributed by atoms with van der Waals surface area (Å²) in [4.78, 5) is 0. The predicted octanol–water partition coefficient (Wildman–Crippen LogP) is 5.33. The van der Waals surface area contributed by atoms with E-state index in [1.54, 1.807) is 13.0 Å². The first-order valence-electron chi connectivity index (χ1n) is 6.77. The predicted molar refractivity (Wildman–Crippen MR) is 70.7 cm³/mol. The van der Waals surface area contributed by atoms with Gasteiger partial charge in [-0.05, 0) is 24.5 Å². The molecule has 0 radical (unpaired) electrons. The highest BCUT2D eigenvalue weighted by molar-refractivity contribution is 5.28. The molecule has 0 amide bonds. The van der Waals surface area contributed by atoms with Crippen LogP contribution in [-0.2, 0) is 16.8 Å². The van der Waals surface area contributed by atoms with E-state index in [2.05, 4.69) is 0 Å². The number of methoxy groups -OCH3 is 1. The Bertz CT molecular complexity index is 539. The number of ether oxygens (including phenoxy) is 1. The van der Waals surface area contributed by atoms with Crippen LogP contribution in [0, 0.1) is 0 Å². The van der Waals surface area contributed by atoms with Crippen molar-refractivity contribution in [2.24, 2.45) is 0 Å². The van der Waals surface area contributed by atoms with Crippen LogP contribution in [0.15, 0.2) is 24.3 Å². The lowest BCUT2D eigenvalue weighted by Crippen LogP contribution is -2.54. The second-order valence-corrected chi connectivity index (χ2v) is 5.44. The van der Waals surface area contributed by atoms with Crippen LogP contribution in [0.5, 0.6) is 0 Å². The number of hydrogen-bond acceptors (Lipinski definition) is 1. The molecule has 132 valence electrons. The largest absolute Gasteiger partial charge is 0.459 e. The fourth-order valence-corrected chi connectivity index (χ4v) is 2.15. The van der Waals surface area contributed by atoms with Gasteiger partial charge < -0.3 is 4.74 Å². The van der Waals surface area contributed by atoms with E-state index in [4.69, 9.17) is 4.74 Å². The second-order valence-electron chi connectivity index (χ2n) is 5.44. The summed E-state index contributed by atoms with van der Waals surface area (Å²) in [6, 6.07) is 5.99. The highest BCUT2D eigenvalue weighted by atomic mass is 19.4. The molecule has 1 rings (SSSR count). The van der Waals surface area contributed by atoms with Crippen molar-refractivity contribution in [3.8, 4) is 0 Å². The molecular weight excluding hydrogens is 329 g/mol. The summed E-state index contributed by atoms with van der Waals surface area (Å²) in [5.41, 5.74) is -1.17. The van der Waals surface area contributed by atoms with Crippen molar-refractivity contribution in [3.63, 3.8) is 0 Å². The van der Waals surface area contributed by atoms with Gasteiger partial charge in [0.1, 0.15) is 0 Å². The second kappa shape index (κ2) is 6.30. The van der Waals surface area contributed by atoms with E-state index in [0.717, 1.165) is 19.6 Å². The van der Waals surface area contributed by atoms with Crippen LogP contribution in [0.4, 0.5) is 30.7 Å². The molecule has 0 bridgehead atoms. The van der Waals surface area contributed by atoms with Gasteiger partial charge in [-0.3, -0.25) is 0 Å². The maximum absolute atomic E-state index is 13.7. The number of benzene rings is 1. The van der Waals surface area contributed by atoms with Crippen molar-refractivity contribution in [2.75, 3.05) is 7.11 Å². The van der Waals surface area contributed by atoms with Crippen LogP contribution in [0.3, 0.4) is 0 Å². The minimum Gasteiger partial charge on any atom is -0.374 e. The lowest BCUT2D eigenvalue weighted by Gasteiger charge is -2.36. The number of aryl methyl sites for hydroxylation is 1. The van der Waals surface area contributed by atoms with Crippen LogP contribution < -0.4 is 0 Å². The maximum Gasteiger partial charge on any atom is 0.459 e. The Hall–Kier alpha value is -1.31. The van der Waals surface area contributed by atoms with Gasteiger partial charge in [-0.15, -0.1) is 0 Å². The Morgan fingerprint density at radius 3 is 2.00 bits per heavy atom. The summed E-state index contributed by atoms with van der Waals surface area (Å²) in [6.45, 7) is 2.85. The number of hydrogen-bond donors (Lipinski definition) is 0. The minimum atomic E-state index is -6.35. The van der Waals surface area contributed by atoms with E-state index in [1.165, 1.54) is 18.2 Å². The van der Waals surface area contributed by atoms with Crippen LogP contribution in [0.1, 0.15) is 31.4 Å². The summed E-state index contributed by atoms with van der Waals surface area (Å²) < 4.78 is 95.3. The zero-order chi connectivity index (χ0) is 18.1. The average Bonchev–Trinajstić information content (AvgIpc) is 2.45. The summed E-state index contributed by atoms with van der Waals surface area (Å²) in [7, 11) is 0.987. The molecule has 0 N–H and O–H groups in total. The van der Waals surface area contributed by atoms with Crippen LogP contribution in [0.2, 0.25) is 0 Å². The van der Waals surface area contributed by atoms with Gasteiger partial charge >= 0.3 is 18.0 Å². The van der Waals surface area contributed by atoms with Gasteiger partial charge in [0, 0.05) is 7.11 Å². The molecule has 1 atom stereocenters. The molecule has 0 aromatic heterocycles. The van der Waals surface area contributed by atoms with E-state index in [1.807, 2.05) is 0 Å². The molecule has 0 aliphatic rings. The van der Waals surface area contributed by atoms with Crippen LogP contribution in [-0.4, -0.2) is 25.1 Å². The van der Waals surface area contributed by atoms with Crippen molar-refractivity contribution in [3.05, 3.63) is 35.4 Å². The molecule has 23 heavy (non-hydrogen) atoms. The Morgan fingerprint density at radius 2 is 1.57 bits per heavy atom. The lowest BCUT2D eigenvalue weighted by molar-refractivity contribution is -0.361. The van der Waals surface area contributed by atoms with Gasteiger partial charge in [0.05, 0.1) is 12.0 Å². The van der Waals surface area contributed by atoms with E-state index in [9.17, 15) is 30.7 Å².